The van der Waals surface area contributed by atoms with E-state index in [-0.39, 0.29) is 41.0 Å². The predicted octanol–water partition coefficient (Wildman–Crippen LogP) is 5.68. The largest absolute Gasteiger partial charge is 0.434 e. The minimum Gasteiger partial charge on any atom is -0.434 e. The molecule has 0 saturated heterocycles. The average Bonchev–Trinajstić information content (AvgIpc) is 3.65. The van der Waals surface area contributed by atoms with E-state index in [1.807, 2.05) is 0 Å². The zero-order valence-electron chi connectivity index (χ0n) is 22.2. The first-order chi connectivity index (χ1) is 19.1. The zero-order valence-corrected chi connectivity index (χ0v) is 23.8. The lowest BCUT2D eigenvalue weighted by Gasteiger charge is -2.27. The van der Waals surface area contributed by atoms with Gasteiger partial charge in [0.15, 0.2) is 11.5 Å². The molecule has 1 amide bonds. The molecule has 1 N–H and O–H groups in total. The normalized spacial score (nSPS) is 20.6. The van der Waals surface area contributed by atoms with Crippen LogP contribution in [0.5, 0.6) is 5.75 Å². The second kappa shape index (κ2) is 11.5. The van der Waals surface area contributed by atoms with Crippen molar-refractivity contribution in [1.29, 1.82) is 0 Å². The number of carbonyl (C=O) groups is 2. The molecule has 2 aromatic rings. The summed E-state index contributed by atoms with van der Waals surface area (Å²) in [6.07, 6.45) is -2.17. The fraction of sp³-hybridized carbons (Fsp3) is 0.577. The van der Waals surface area contributed by atoms with Gasteiger partial charge >= 0.3 is 12.8 Å². The molecule has 2 saturated carbocycles. The highest BCUT2D eigenvalue weighted by Gasteiger charge is 2.68. The minimum atomic E-state index is -4.79. The van der Waals surface area contributed by atoms with E-state index in [0.29, 0.717) is 25.7 Å². The van der Waals surface area contributed by atoms with Crippen molar-refractivity contribution in [3.05, 3.63) is 34.5 Å². The SMILES string of the molecule is CCn1nc(C(=O)NCC2CCC(S(C)(=O)=O)CC2)c(Cl)c1-c1ccc(C(=O)C2(C(F)(F)F)CC2)cc1OC(F)F. The molecule has 8 nitrogen and oxygen atoms in total. The van der Waals surface area contributed by atoms with Gasteiger partial charge in [0.2, 0.25) is 0 Å². The van der Waals surface area contributed by atoms with Gasteiger partial charge in [-0.15, -0.1) is 0 Å². The Hall–Kier alpha value is -2.74. The van der Waals surface area contributed by atoms with E-state index in [1.54, 1.807) is 6.92 Å². The lowest BCUT2D eigenvalue weighted by molar-refractivity contribution is -0.171. The second-order valence-electron chi connectivity index (χ2n) is 10.5. The number of nitrogens with one attached hydrogen (secondary N) is 1. The number of hydrogen-bond donors (Lipinski definition) is 1. The van der Waals surface area contributed by atoms with Crippen LogP contribution < -0.4 is 10.1 Å². The van der Waals surface area contributed by atoms with Gasteiger partial charge in [-0.2, -0.15) is 27.1 Å². The predicted molar refractivity (Wildman–Crippen MR) is 140 cm³/mol. The smallest absolute Gasteiger partial charge is 0.401 e. The van der Waals surface area contributed by atoms with Crippen LogP contribution in [-0.2, 0) is 16.4 Å². The molecule has 2 aliphatic rings. The Bertz CT molecular complexity index is 1430. The Labute approximate surface area is 238 Å². The van der Waals surface area contributed by atoms with Gasteiger partial charge in [-0.05, 0) is 63.5 Å². The first kappa shape index (κ1) is 31.2. The lowest BCUT2D eigenvalue weighted by Crippen LogP contribution is -2.34. The fourth-order valence-corrected chi connectivity index (χ4v) is 6.70. The number of aromatic nitrogens is 2. The lowest BCUT2D eigenvalue weighted by atomic mass is 9.89. The standard InChI is InChI=1S/C26H29ClF5N3O5S/c1-3-35-21(19(27)20(34-35)23(37)33-13-14-4-7-16(8-5-14)41(2,38)39)17-9-6-15(12-18(17)40-24(28)29)22(36)25(10-11-25)26(30,31)32/h6,9,12,14,16,24H,3-5,7-8,10-11,13H2,1-2H3,(H,33,37). The van der Waals surface area contributed by atoms with Gasteiger partial charge in [0.25, 0.3) is 5.91 Å². The molecule has 226 valence electrons. The highest BCUT2D eigenvalue weighted by molar-refractivity contribution is 7.91. The molecule has 1 aromatic heterocycles. The van der Waals surface area contributed by atoms with E-state index in [1.165, 1.54) is 10.9 Å². The summed E-state index contributed by atoms with van der Waals surface area (Å²) in [6, 6.07) is 3.05. The van der Waals surface area contributed by atoms with Crippen LogP contribution >= 0.6 is 11.6 Å². The number of sulfone groups is 1. The molecular formula is C26H29ClF5N3O5S. The fourth-order valence-electron chi connectivity index (χ4n) is 5.25. The maximum absolute atomic E-state index is 13.5. The summed E-state index contributed by atoms with van der Waals surface area (Å²) >= 11 is 6.51. The summed E-state index contributed by atoms with van der Waals surface area (Å²) in [4.78, 5) is 25.7. The van der Waals surface area contributed by atoms with Crippen molar-refractivity contribution < 1.29 is 44.7 Å². The Balaban J connectivity index is 1.59. The average molecular weight is 626 g/mol. The molecule has 0 aliphatic heterocycles. The summed E-state index contributed by atoms with van der Waals surface area (Å²) in [5, 5.41) is 6.34. The summed E-state index contributed by atoms with van der Waals surface area (Å²) in [6.45, 7) is -1.32. The Kier molecular flexibility index (Phi) is 8.75. The van der Waals surface area contributed by atoms with Crippen LogP contribution in [0, 0.1) is 11.3 Å². The quantitative estimate of drug-likeness (QED) is 0.269. The Morgan fingerprint density at radius 3 is 2.34 bits per heavy atom. The molecule has 0 atom stereocenters. The summed E-state index contributed by atoms with van der Waals surface area (Å²) in [5.41, 5.74) is -3.27. The van der Waals surface area contributed by atoms with Gasteiger partial charge in [-0.1, -0.05) is 17.7 Å². The maximum Gasteiger partial charge on any atom is 0.401 e. The molecule has 41 heavy (non-hydrogen) atoms. The molecule has 2 fully saturated rings. The number of amides is 1. The van der Waals surface area contributed by atoms with Gasteiger partial charge < -0.3 is 10.1 Å². The van der Waals surface area contributed by atoms with E-state index < -0.39 is 69.1 Å². The molecule has 1 aromatic carbocycles. The molecule has 0 bridgehead atoms. The Morgan fingerprint density at radius 1 is 1.20 bits per heavy atom. The van der Waals surface area contributed by atoms with E-state index in [4.69, 9.17) is 11.6 Å². The molecule has 2 aliphatic carbocycles. The number of nitrogens with zero attached hydrogens (tertiary/aromatic N) is 2. The number of carbonyl (C=O) groups excluding carboxylic acids is 2. The van der Waals surface area contributed by atoms with Gasteiger partial charge in [0, 0.05) is 30.5 Å². The van der Waals surface area contributed by atoms with Crippen molar-refractivity contribution in [3.8, 4) is 17.0 Å². The number of hydrogen-bond acceptors (Lipinski definition) is 6. The number of Topliss-reactive ketones (excluding diaryl/α,β-unsaturated/α-hetero) is 1. The molecule has 1 heterocycles. The van der Waals surface area contributed by atoms with Crippen LogP contribution in [0.4, 0.5) is 22.0 Å². The number of ketones is 1. The van der Waals surface area contributed by atoms with Crippen LogP contribution in [0.3, 0.4) is 0 Å². The number of halogens is 6. The summed E-state index contributed by atoms with van der Waals surface area (Å²) in [5.74, 6) is -2.42. The number of rotatable bonds is 10. The van der Waals surface area contributed by atoms with Crippen molar-refractivity contribution in [3.63, 3.8) is 0 Å². The van der Waals surface area contributed by atoms with Crippen LogP contribution in [-0.4, -0.2) is 60.7 Å². The molecule has 4 rings (SSSR count). The zero-order chi connectivity index (χ0) is 30.3. The topological polar surface area (TPSA) is 107 Å². The van der Waals surface area contributed by atoms with Crippen molar-refractivity contribution in [2.75, 3.05) is 12.8 Å². The van der Waals surface area contributed by atoms with E-state index in [0.717, 1.165) is 18.2 Å². The third-order valence-corrected chi connectivity index (χ3v) is 9.84. The highest BCUT2D eigenvalue weighted by Crippen LogP contribution is 2.59. The van der Waals surface area contributed by atoms with Gasteiger partial charge in [0.05, 0.1) is 16.0 Å². The number of alkyl halides is 5. The highest BCUT2D eigenvalue weighted by atomic mass is 35.5. The van der Waals surface area contributed by atoms with E-state index >= 15 is 0 Å². The maximum atomic E-state index is 13.5. The van der Waals surface area contributed by atoms with Crippen LogP contribution in [0.15, 0.2) is 18.2 Å². The number of ether oxygens (including phenoxy) is 1. The van der Waals surface area contributed by atoms with Gasteiger partial charge in [0.1, 0.15) is 21.0 Å². The van der Waals surface area contributed by atoms with Crippen molar-refractivity contribution in [2.24, 2.45) is 11.3 Å². The van der Waals surface area contributed by atoms with Crippen molar-refractivity contribution in [1.82, 2.24) is 15.1 Å². The van der Waals surface area contributed by atoms with Crippen LogP contribution in [0.1, 0.15) is 66.3 Å². The minimum absolute atomic E-state index is 0.0135. The van der Waals surface area contributed by atoms with E-state index in [2.05, 4.69) is 15.2 Å². The molecule has 0 unspecified atom stereocenters. The molecular weight excluding hydrogens is 597 g/mol. The summed E-state index contributed by atoms with van der Waals surface area (Å²) < 4.78 is 96.6. The second-order valence-corrected chi connectivity index (χ2v) is 13.2. The van der Waals surface area contributed by atoms with Crippen molar-refractivity contribution >= 4 is 33.1 Å². The number of aryl methyl sites for hydroxylation is 1. The van der Waals surface area contributed by atoms with Gasteiger partial charge in [-0.3, -0.25) is 14.3 Å². The van der Waals surface area contributed by atoms with Crippen molar-refractivity contribution in [2.45, 2.75) is 70.0 Å². The third kappa shape index (κ3) is 6.37. The van der Waals surface area contributed by atoms with E-state index in [9.17, 15) is 40.0 Å². The van der Waals surface area contributed by atoms with Gasteiger partial charge in [-0.25, -0.2) is 8.42 Å². The first-order valence-electron chi connectivity index (χ1n) is 13.0. The van der Waals surface area contributed by atoms with Crippen LogP contribution in [0.2, 0.25) is 5.02 Å². The summed E-state index contributed by atoms with van der Waals surface area (Å²) in [7, 11) is -3.13. The molecule has 0 radical (unpaired) electrons. The number of benzene rings is 1. The molecule has 15 heteroatoms. The van der Waals surface area contributed by atoms with Crippen LogP contribution in [0.25, 0.3) is 11.3 Å². The molecule has 0 spiro atoms. The Morgan fingerprint density at radius 2 is 1.83 bits per heavy atom. The first-order valence-corrected chi connectivity index (χ1v) is 15.4. The monoisotopic (exact) mass is 625 g/mol. The third-order valence-electron chi connectivity index (χ3n) is 7.80.